The largest absolute Gasteiger partial charge is 0.493 e. The number of ether oxygens (including phenoxy) is 2. The Kier molecular flexibility index (Phi) is 7.91. The lowest BCUT2D eigenvalue weighted by Crippen LogP contribution is -2.41. The van der Waals surface area contributed by atoms with Crippen molar-refractivity contribution in [1.82, 2.24) is 19.9 Å². The fourth-order valence-corrected chi connectivity index (χ4v) is 5.28. The van der Waals surface area contributed by atoms with Gasteiger partial charge in [-0.15, -0.1) is 0 Å². The highest BCUT2D eigenvalue weighted by Crippen LogP contribution is 2.42. The lowest BCUT2D eigenvalue weighted by molar-refractivity contribution is -0.133. The number of methoxy groups -OCH3 is 1. The number of carbonyl (C=O) groups excluding carboxylic acids is 1. The van der Waals surface area contributed by atoms with Crippen LogP contribution in [-0.4, -0.2) is 46.0 Å². The summed E-state index contributed by atoms with van der Waals surface area (Å²) in [5, 5.41) is 0. The monoisotopic (exact) mass is 526 g/mol. The number of fused-ring (bicyclic) bond motifs is 1. The van der Waals surface area contributed by atoms with Crippen molar-refractivity contribution in [1.29, 1.82) is 0 Å². The van der Waals surface area contributed by atoms with Gasteiger partial charge in [-0.1, -0.05) is 23.8 Å². The second-order valence-electron chi connectivity index (χ2n) is 10.0. The predicted octanol–water partition coefficient (Wildman–Crippen LogP) is 5.13. The van der Waals surface area contributed by atoms with Crippen molar-refractivity contribution in [2.75, 3.05) is 20.3 Å². The summed E-state index contributed by atoms with van der Waals surface area (Å²) in [5.74, 6) is 1.43. The van der Waals surface area contributed by atoms with E-state index in [1.165, 1.54) is 12.0 Å². The van der Waals surface area contributed by atoms with Gasteiger partial charge in [-0.25, -0.2) is 4.98 Å². The van der Waals surface area contributed by atoms with Gasteiger partial charge in [-0.3, -0.25) is 14.8 Å². The van der Waals surface area contributed by atoms with Crippen LogP contribution in [0.15, 0.2) is 59.8 Å². The molecular formula is C31H34N4O4. The molecule has 3 heterocycles. The lowest BCUT2D eigenvalue weighted by atomic mass is 9.85. The fourth-order valence-electron chi connectivity index (χ4n) is 5.28. The van der Waals surface area contributed by atoms with Gasteiger partial charge >= 0.3 is 0 Å². The molecule has 0 saturated heterocycles. The number of rotatable bonds is 9. The van der Waals surface area contributed by atoms with Crippen LogP contribution in [0.2, 0.25) is 0 Å². The maximum absolute atomic E-state index is 13.6. The van der Waals surface area contributed by atoms with Gasteiger partial charge in [-0.05, 0) is 61.6 Å². The molecule has 2 aromatic carbocycles. The van der Waals surface area contributed by atoms with E-state index in [-0.39, 0.29) is 11.9 Å². The normalized spacial score (nSPS) is 14.7. The Morgan fingerprint density at radius 3 is 2.67 bits per heavy atom. The van der Waals surface area contributed by atoms with Crippen LogP contribution in [-0.2, 0) is 24.1 Å². The number of hydrogen-bond acceptors (Lipinski definition) is 7. The predicted molar refractivity (Wildman–Crippen MR) is 147 cm³/mol. The number of hydrogen-bond donors (Lipinski definition) is 0. The third kappa shape index (κ3) is 5.95. The summed E-state index contributed by atoms with van der Waals surface area (Å²) in [4.78, 5) is 28.6. The number of aromatic nitrogens is 3. The smallest absolute Gasteiger partial charge is 0.223 e. The minimum Gasteiger partial charge on any atom is -0.493 e. The molecule has 8 nitrogen and oxygen atoms in total. The number of benzene rings is 2. The zero-order chi connectivity index (χ0) is 27.4. The van der Waals surface area contributed by atoms with Crippen molar-refractivity contribution in [2.24, 2.45) is 0 Å². The van der Waals surface area contributed by atoms with E-state index in [0.29, 0.717) is 43.9 Å². The molecule has 1 amide bonds. The van der Waals surface area contributed by atoms with Gasteiger partial charge in [0.15, 0.2) is 17.9 Å². The second-order valence-corrected chi connectivity index (χ2v) is 10.0. The van der Waals surface area contributed by atoms with E-state index in [1.54, 1.807) is 25.8 Å². The first kappa shape index (κ1) is 26.4. The molecule has 0 aliphatic carbocycles. The van der Waals surface area contributed by atoms with Gasteiger partial charge in [0.05, 0.1) is 36.8 Å². The molecule has 0 spiro atoms. The van der Waals surface area contributed by atoms with Crippen molar-refractivity contribution in [2.45, 2.75) is 52.5 Å². The molecule has 1 aliphatic rings. The van der Waals surface area contributed by atoms with E-state index in [4.69, 9.17) is 13.9 Å². The average Bonchev–Trinajstić information content (AvgIpc) is 3.45. The average molecular weight is 527 g/mol. The molecule has 4 aromatic rings. The standard InChI is InChI=1S/C31H34N4O4/c1-20-5-7-26(21(2)13-20)31-27-15-29(39-12-10-24-17-32-16-22(3)34-24)28(37-4)14-23(27)9-11-35(31)30(36)8-6-25-18-38-19-33-25/h5,7,13-19,31H,6,8-12H2,1-4H3. The van der Waals surface area contributed by atoms with Crippen LogP contribution in [0, 0.1) is 20.8 Å². The number of carbonyl (C=O) groups is 1. The first-order valence-electron chi connectivity index (χ1n) is 13.3. The summed E-state index contributed by atoms with van der Waals surface area (Å²) < 4.78 is 17.1. The maximum atomic E-state index is 13.6. The Hall–Kier alpha value is -4.20. The zero-order valence-corrected chi connectivity index (χ0v) is 22.9. The van der Waals surface area contributed by atoms with Crippen LogP contribution in [0.4, 0.5) is 0 Å². The van der Waals surface area contributed by atoms with Crippen LogP contribution in [0.5, 0.6) is 11.5 Å². The lowest BCUT2D eigenvalue weighted by Gasteiger charge is -2.39. The first-order chi connectivity index (χ1) is 18.9. The highest BCUT2D eigenvalue weighted by Gasteiger charge is 2.34. The van der Waals surface area contributed by atoms with Gasteiger partial charge in [0.2, 0.25) is 5.91 Å². The van der Waals surface area contributed by atoms with E-state index in [0.717, 1.165) is 45.8 Å². The summed E-state index contributed by atoms with van der Waals surface area (Å²) in [6.07, 6.45) is 8.76. The molecule has 0 radical (unpaired) electrons. The molecule has 0 fully saturated rings. The Labute approximate surface area is 229 Å². The van der Waals surface area contributed by atoms with Gasteiger partial charge in [-0.2, -0.15) is 0 Å². The van der Waals surface area contributed by atoms with Crippen LogP contribution in [0.1, 0.15) is 57.4 Å². The molecule has 1 atom stereocenters. The van der Waals surface area contributed by atoms with E-state index < -0.39 is 0 Å². The summed E-state index contributed by atoms with van der Waals surface area (Å²) in [5.41, 5.74) is 8.22. The van der Waals surface area contributed by atoms with Gasteiger partial charge in [0.1, 0.15) is 6.26 Å². The van der Waals surface area contributed by atoms with Crippen molar-refractivity contribution in [3.05, 3.63) is 100 Å². The number of aryl methyl sites for hydroxylation is 4. The minimum absolute atomic E-state index is 0.0879. The van der Waals surface area contributed by atoms with E-state index in [2.05, 4.69) is 59.1 Å². The number of nitrogens with zero attached hydrogens (tertiary/aromatic N) is 4. The molecule has 5 rings (SSSR count). The molecule has 1 unspecified atom stereocenters. The van der Waals surface area contributed by atoms with Gasteiger partial charge < -0.3 is 18.8 Å². The van der Waals surface area contributed by atoms with E-state index in [1.807, 2.05) is 11.8 Å². The Bertz CT molecular complexity index is 1450. The highest BCUT2D eigenvalue weighted by atomic mass is 16.5. The Morgan fingerprint density at radius 2 is 1.92 bits per heavy atom. The third-order valence-corrected chi connectivity index (χ3v) is 7.19. The number of oxazole rings is 1. The maximum Gasteiger partial charge on any atom is 0.223 e. The van der Waals surface area contributed by atoms with Gasteiger partial charge in [0.25, 0.3) is 0 Å². The zero-order valence-electron chi connectivity index (χ0n) is 22.9. The van der Waals surface area contributed by atoms with Gasteiger partial charge in [0, 0.05) is 38.2 Å². The fraction of sp³-hybridized carbons (Fsp3) is 0.355. The molecule has 2 aromatic heterocycles. The van der Waals surface area contributed by atoms with E-state index in [9.17, 15) is 4.79 Å². The van der Waals surface area contributed by atoms with Crippen molar-refractivity contribution in [3.63, 3.8) is 0 Å². The summed E-state index contributed by atoms with van der Waals surface area (Å²) in [6.45, 7) is 7.18. The minimum atomic E-state index is -0.227. The molecule has 8 heteroatoms. The summed E-state index contributed by atoms with van der Waals surface area (Å²) >= 11 is 0. The first-order valence-corrected chi connectivity index (χ1v) is 13.3. The molecule has 39 heavy (non-hydrogen) atoms. The van der Waals surface area contributed by atoms with Crippen LogP contribution >= 0.6 is 0 Å². The molecule has 1 aliphatic heterocycles. The number of amides is 1. The molecule has 0 bridgehead atoms. The van der Waals surface area contributed by atoms with Crippen LogP contribution < -0.4 is 9.47 Å². The Balaban J connectivity index is 1.47. The molecule has 202 valence electrons. The van der Waals surface area contributed by atoms with Crippen molar-refractivity contribution >= 4 is 5.91 Å². The van der Waals surface area contributed by atoms with Crippen molar-refractivity contribution < 1.29 is 18.7 Å². The SMILES string of the molecule is COc1cc2c(cc1OCCc1cncc(C)n1)C(c1ccc(C)cc1C)N(C(=O)CCc1cocn1)CC2. The molecule has 0 saturated carbocycles. The van der Waals surface area contributed by atoms with Crippen LogP contribution in [0.25, 0.3) is 0 Å². The van der Waals surface area contributed by atoms with Crippen LogP contribution in [0.3, 0.4) is 0 Å². The second kappa shape index (κ2) is 11.7. The molecule has 0 N–H and O–H groups in total. The van der Waals surface area contributed by atoms with Crippen molar-refractivity contribution in [3.8, 4) is 11.5 Å². The summed E-state index contributed by atoms with van der Waals surface area (Å²) in [7, 11) is 1.66. The third-order valence-electron chi connectivity index (χ3n) is 7.19. The Morgan fingerprint density at radius 1 is 1.05 bits per heavy atom. The quantitative estimate of drug-likeness (QED) is 0.299. The topological polar surface area (TPSA) is 90.6 Å². The molecular weight excluding hydrogens is 492 g/mol. The summed E-state index contributed by atoms with van der Waals surface area (Å²) in [6, 6.07) is 10.3. The highest BCUT2D eigenvalue weighted by molar-refractivity contribution is 5.78. The van der Waals surface area contributed by atoms with E-state index >= 15 is 0 Å².